The molecule has 1 unspecified atom stereocenters. The van der Waals surface area contributed by atoms with E-state index in [1.54, 1.807) is 11.4 Å². The number of carbonyl (C=O) groups excluding carboxylic acids is 2. The first kappa shape index (κ1) is 16.1. The molecule has 3 rings (SSSR count). The summed E-state index contributed by atoms with van der Waals surface area (Å²) >= 11 is 2.69. The Morgan fingerprint density at radius 2 is 2.30 bits per heavy atom. The van der Waals surface area contributed by atoms with E-state index in [9.17, 15) is 9.59 Å². The zero-order valence-corrected chi connectivity index (χ0v) is 14.0. The third-order valence-corrected chi connectivity index (χ3v) is 5.08. The van der Waals surface area contributed by atoms with Crippen molar-refractivity contribution in [3.8, 4) is 0 Å². The van der Waals surface area contributed by atoms with Gasteiger partial charge in [-0.15, -0.1) is 22.7 Å². The maximum atomic E-state index is 11.9. The lowest BCUT2D eigenvalue weighted by Gasteiger charge is -2.09. The molecule has 1 aliphatic rings. The smallest absolute Gasteiger partial charge is 0.267 e. The predicted octanol–water partition coefficient (Wildman–Crippen LogP) is 2.29. The molecular formula is C15H17N3O3S2. The van der Waals surface area contributed by atoms with E-state index in [2.05, 4.69) is 15.6 Å². The van der Waals surface area contributed by atoms with Gasteiger partial charge in [0, 0.05) is 18.5 Å². The normalized spacial score (nSPS) is 17.1. The zero-order chi connectivity index (χ0) is 16.1. The number of hydrogen-bond donors (Lipinski definition) is 2. The molecular weight excluding hydrogens is 334 g/mol. The Morgan fingerprint density at radius 1 is 1.39 bits per heavy atom. The molecule has 0 radical (unpaired) electrons. The number of nitrogens with zero attached hydrogens (tertiary/aromatic N) is 1. The van der Waals surface area contributed by atoms with Crippen LogP contribution < -0.4 is 10.6 Å². The number of ether oxygens (including phenoxy) is 1. The highest BCUT2D eigenvalue weighted by molar-refractivity contribution is 7.14. The van der Waals surface area contributed by atoms with Gasteiger partial charge in [-0.3, -0.25) is 14.9 Å². The van der Waals surface area contributed by atoms with Crippen LogP contribution in [-0.4, -0.2) is 36.1 Å². The van der Waals surface area contributed by atoms with Crippen LogP contribution >= 0.6 is 22.7 Å². The third kappa shape index (κ3) is 4.60. The summed E-state index contributed by atoms with van der Waals surface area (Å²) in [7, 11) is 0. The number of carbonyl (C=O) groups is 2. The maximum Gasteiger partial charge on any atom is 0.267 e. The molecule has 0 aliphatic carbocycles. The molecule has 122 valence electrons. The molecule has 2 aromatic rings. The Kier molecular flexibility index (Phi) is 5.37. The first-order valence-corrected chi connectivity index (χ1v) is 9.14. The number of thiazole rings is 1. The van der Waals surface area contributed by atoms with E-state index >= 15 is 0 Å². The van der Waals surface area contributed by atoms with Gasteiger partial charge >= 0.3 is 0 Å². The van der Waals surface area contributed by atoms with Crippen molar-refractivity contribution in [1.82, 2.24) is 10.3 Å². The second-order valence-corrected chi connectivity index (χ2v) is 7.00. The van der Waals surface area contributed by atoms with E-state index in [0.29, 0.717) is 22.2 Å². The van der Waals surface area contributed by atoms with Crippen molar-refractivity contribution in [2.75, 3.05) is 18.5 Å². The van der Waals surface area contributed by atoms with E-state index in [1.165, 1.54) is 22.7 Å². The monoisotopic (exact) mass is 351 g/mol. The zero-order valence-electron chi connectivity index (χ0n) is 12.4. The fraction of sp³-hybridized carbons (Fsp3) is 0.400. The molecule has 2 N–H and O–H groups in total. The lowest BCUT2D eigenvalue weighted by atomic mass is 10.2. The molecule has 1 atom stereocenters. The average molecular weight is 351 g/mol. The van der Waals surface area contributed by atoms with Crippen LogP contribution in [0.15, 0.2) is 22.9 Å². The lowest BCUT2D eigenvalue weighted by Crippen LogP contribution is -2.32. The van der Waals surface area contributed by atoms with Crippen molar-refractivity contribution in [3.05, 3.63) is 33.5 Å². The fourth-order valence-electron chi connectivity index (χ4n) is 2.27. The Bertz CT molecular complexity index is 663. The Morgan fingerprint density at radius 3 is 3.04 bits per heavy atom. The van der Waals surface area contributed by atoms with Crippen LogP contribution in [0.2, 0.25) is 0 Å². The molecule has 1 aliphatic heterocycles. The van der Waals surface area contributed by atoms with Crippen molar-refractivity contribution in [1.29, 1.82) is 0 Å². The van der Waals surface area contributed by atoms with E-state index in [0.717, 1.165) is 19.4 Å². The van der Waals surface area contributed by atoms with Gasteiger partial charge in [-0.2, -0.15) is 0 Å². The van der Waals surface area contributed by atoms with Gasteiger partial charge in [0.05, 0.1) is 23.1 Å². The molecule has 1 fully saturated rings. The number of aromatic nitrogens is 1. The minimum atomic E-state index is -0.177. The molecule has 2 aromatic heterocycles. The van der Waals surface area contributed by atoms with E-state index < -0.39 is 0 Å². The number of hydrogen-bond acceptors (Lipinski definition) is 6. The summed E-state index contributed by atoms with van der Waals surface area (Å²) in [4.78, 5) is 28.7. The standard InChI is InChI=1S/C15H17N3O3S2/c19-13(16-8-11-3-1-5-21-11)7-10-9-23-15(17-10)18-14(20)12-4-2-6-22-12/h2,4,6,9,11H,1,3,5,7-8H2,(H,16,19)(H,17,18,20). The van der Waals surface area contributed by atoms with Gasteiger partial charge < -0.3 is 10.1 Å². The number of amides is 2. The summed E-state index contributed by atoms with van der Waals surface area (Å²) in [6.07, 6.45) is 2.39. The summed E-state index contributed by atoms with van der Waals surface area (Å²) in [5, 5.41) is 9.74. The summed E-state index contributed by atoms with van der Waals surface area (Å²) in [5.41, 5.74) is 0.654. The van der Waals surface area contributed by atoms with Crippen molar-refractivity contribution >= 4 is 39.6 Å². The first-order valence-electron chi connectivity index (χ1n) is 7.38. The van der Waals surface area contributed by atoms with Gasteiger partial charge in [0.1, 0.15) is 0 Å². The van der Waals surface area contributed by atoms with Crippen molar-refractivity contribution in [2.45, 2.75) is 25.4 Å². The second-order valence-electron chi connectivity index (χ2n) is 5.19. The topological polar surface area (TPSA) is 80.3 Å². The molecule has 0 aromatic carbocycles. The number of thiophene rings is 1. The number of anilines is 1. The van der Waals surface area contributed by atoms with Crippen molar-refractivity contribution in [3.63, 3.8) is 0 Å². The van der Waals surface area contributed by atoms with Crippen LogP contribution in [0.4, 0.5) is 5.13 Å². The highest BCUT2D eigenvalue weighted by Gasteiger charge is 2.17. The molecule has 3 heterocycles. The summed E-state index contributed by atoms with van der Waals surface area (Å²) in [5.74, 6) is -0.259. The molecule has 0 bridgehead atoms. The van der Waals surface area contributed by atoms with Crippen LogP contribution in [0.5, 0.6) is 0 Å². The average Bonchev–Trinajstić information content (AvgIpc) is 3.28. The van der Waals surface area contributed by atoms with Crippen LogP contribution in [0.1, 0.15) is 28.2 Å². The molecule has 0 spiro atoms. The van der Waals surface area contributed by atoms with Gasteiger partial charge in [-0.05, 0) is 24.3 Å². The van der Waals surface area contributed by atoms with E-state index in [1.807, 2.05) is 11.4 Å². The Hall–Kier alpha value is -1.77. The van der Waals surface area contributed by atoms with Gasteiger partial charge in [-0.25, -0.2) is 4.98 Å². The SMILES string of the molecule is O=C(Cc1csc(NC(=O)c2cccs2)n1)NCC1CCCO1. The number of nitrogens with one attached hydrogen (secondary N) is 2. The van der Waals surface area contributed by atoms with Crippen molar-refractivity contribution in [2.24, 2.45) is 0 Å². The summed E-state index contributed by atoms with van der Waals surface area (Å²) < 4.78 is 5.46. The minimum absolute atomic E-state index is 0.0815. The van der Waals surface area contributed by atoms with E-state index in [4.69, 9.17) is 4.74 Å². The van der Waals surface area contributed by atoms with Crippen LogP contribution in [0.25, 0.3) is 0 Å². The second kappa shape index (κ2) is 7.67. The number of rotatable bonds is 6. The predicted molar refractivity (Wildman–Crippen MR) is 90.1 cm³/mol. The van der Waals surface area contributed by atoms with E-state index in [-0.39, 0.29) is 24.3 Å². The van der Waals surface area contributed by atoms with Crippen molar-refractivity contribution < 1.29 is 14.3 Å². The third-order valence-electron chi connectivity index (χ3n) is 3.41. The fourth-order valence-corrected chi connectivity index (χ4v) is 3.60. The first-order chi connectivity index (χ1) is 11.2. The molecule has 1 saturated heterocycles. The molecule has 8 heteroatoms. The summed E-state index contributed by atoms with van der Waals surface area (Å²) in [6, 6.07) is 3.58. The van der Waals surface area contributed by atoms with Crippen LogP contribution in [0, 0.1) is 0 Å². The Balaban J connectivity index is 1.46. The van der Waals surface area contributed by atoms with Gasteiger partial charge in [-0.1, -0.05) is 6.07 Å². The summed E-state index contributed by atoms with van der Waals surface area (Å²) in [6.45, 7) is 1.32. The molecule has 23 heavy (non-hydrogen) atoms. The maximum absolute atomic E-state index is 11.9. The highest BCUT2D eigenvalue weighted by atomic mass is 32.1. The van der Waals surface area contributed by atoms with Crippen LogP contribution in [0.3, 0.4) is 0 Å². The molecule has 2 amide bonds. The highest BCUT2D eigenvalue weighted by Crippen LogP contribution is 2.18. The molecule has 0 saturated carbocycles. The van der Waals surface area contributed by atoms with Crippen LogP contribution in [-0.2, 0) is 16.0 Å². The quantitative estimate of drug-likeness (QED) is 0.837. The lowest BCUT2D eigenvalue weighted by molar-refractivity contribution is -0.121. The minimum Gasteiger partial charge on any atom is -0.376 e. The largest absolute Gasteiger partial charge is 0.376 e. The van der Waals surface area contributed by atoms with Gasteiger partial charge in [0.25, 0.3) is 5.91 Å². The molecule has 6 nitrogen and oxygen atoms in total. The Labute approximate surface area is 141 Å². The van der Waals surface area contributed by atoms with Gasteiger partial charge in [0.2, 0.25) is 5.91 Å². The van der Waals surface area contributed by atoms with Gasteiger partial charge in [0.15, 0.2) is 5.13 Å².